The molecule has 1 aromatic heterocycles. The third-order valence-corrected chi connectivity index (χ3v) is 5.11. The Kier molecular flexibility index (Phi) is 6.40. The predicted molar refractivity (Wildman–Crippen MR) is 113 cm³/mol. The lowest BCUT2D eigenvalue weighted by Crippen LogP contribution is -2.28. The average molecular weight is 411 g/mol. The molecule has 6 nitrogen and oxygen atoms in total. The number of aryl methyl sites for hydroxylation is 1. The number of carbonyl (C=O) groups is 1. The largest absolute Gasteiger partial charge is 0.493 e. The molecule has 7 heteroatoms. The minimum atomic E-state index is -0.318. The molecule has 1 atom stereocenters. The Labute approximate surface area is 175 Å². The van der Waals surface area contributed by atoms with E-state index in [2.05, 4.69) is 10.4 Å². The fourth-order valence-electron chi connectivity index (χ4n) is 3.52. The van der Waals surface area contributed by atoms with Crippen molar-refractivity contribution in [1.82, 2.24) is 15.1 Å². The quantitative estimate of drug-likeness (QED) is 0.626. The zero-order chi connectivity index (χ0) is 21.8. The summed E-state index contributed by atoms with van der Waals surface area (Å²) in [7, 11) is 3.17. The Morgan fingerprint density at radius 2 is 1.80 bits per heavy atom. The lowest BCUT2D eigenvalue weighted by Gasteiger charge is -2.19. The van der Waals surface area contributed by atoms with Gasteiger partial charge in [0.25, 0.3) is 5.91 Å². The Morgan fingerprint density at radius 1 is 1.17 bits per heavy atom. The van der Waals surface area contributed by atoms with Crippen molar-refractivity contribution in [3.63, 3.8) is 0 Å². The molecule has 0 aliphatic rings. The molecule has 2 aromatic carbocycles. The van der Waals surface area contributed by atoms with Crippen LogP contribution in [0.1, 0.15) is 47.1 Å². The zero-order valence-corrected chi connectivity index (χ0v) is 17.8. The van der Waals surface area contributed by atoms with Crippen molar-refractivity contribution >= 4 is 5.91 Å². The summed E-state index contributed by atoms with van der Waals surface area (Å²) in [5.74, 6) is 0.714. The Bertz CT molecular complexity index is 1040. The van der Waals surface area contributed by atoms with Crippen LogP contribution >= 0.6 is 0 Å². The molecule has 0 spiro atoms. The number of nitrogens with one attached hydrogen (secondary N) is 1. The van der Waals surface area contributed by atoms with Gasteiger partial charge in [-0.3, -0.25) is 4.79 Å². The van der Waals surface area contributed by atoms with E-state index < -0.39 is 0 Å². The number of rotatable bonds is 7. The highest BCUT2D eigenvalue weighted by atomic mass is 19.1. The van der Waals surface area contributed by atoms with E-state index in [1.165, 1.54) is 12.1 Å². The maximum absolute atomic E-state index is 13.2. The van der Waals surface area contributed by atoms with Gasteiger partial charge in [-0.2, -0.15) is 5.10 Å². The van der Waals surface area contributed by atoms with Crippen LogP contribution in [-0.4, -0.2) is 29.9 Å². The number of hydrogen-bond donors (Lipinski definition) is 1. The highest BCUT2D eigenvalue weighted by Gasteiger charge is 2.21. The second-order valence-corrected chi connectivity index (χ2v) is 7.01. The topological polar surface area (TPSA) is 65.4 Å². The highest BCUT2D eigenvalue weighted by molar-refractivity contribution is 5.95. The van der Waals surface area contributed by atoms with Crippen LogP contribution < -0.4 is 14.8 Å². The van der Waals surface area contributed by atoms with Crippen LogP contribution in [-0.2, 0) is 6.42 Å². The van der Waals surface area contributed by atoms with Crippen LogP contribution in [0, 0.1) is 12.7 Å². The number of carbonyl (C=O) groups excluding carboxylic acids is 1. The Morgan fingerprint density at radius 3 is 2.40 bits per heavy atom. The second-order valence-electron chi connectivity index (χ2n) is 7.01. The fraction of sp³-hybridized carbons (Fsp3) is 0.304. The van der Waals surface area contributed by atoms with E-state index in [0.29, 0.717) is 29.2 Å². The van der Waals surface area contributed by atoms with Crippen molar-refractivity contribution in [3.05, 3.63) is 70.8 Å². The van der Waals surface area contributed by atoms with Gasteiger partial charge in [-0.1, -0.05) is 6.92 Å². The summed E-state index contributed by atoms with van der Waals surface area (Å²) in [5, 5.41) is 7.39. The number of aromatic nitrogens is 2. The van der Waals surface area contributed by atoms with Crippen molar-refractivity contribution in [3.8, 4) is 17.2 Å². The molecule has 30 heavy (non-hydrogen) atoms. The molecule has 0 aliphatic heterocycles. The lowest BCUT2D eigenvalue weighted by atomic mass is 10.0. The van der Waals surface area contributed by atoms with Gasteiger partial charge >= 0.3 is 0 Å². The first-order chi connectivity index (χ1) is 14.4. The van der Waals surface area contributed by atoms with Gasteiger partial charge in [0, 0.05) is 0 Å². The number of halogens is 1. The number of methoxy groups -OCH3 is 2. The smallest absolute Gasteiger partial charge is 0.255 e. The molecular weight excluding hydrogens is 385 g/mol. The molecule has 0 saturated heterocycles. The minimum Gasteiger partial charge on any atom is -0.493 e. The monoisotopic (exact) mass is 411 g/mol. The van der Waals surface area contributed by atoms with E-state index in [0.717, 1.165) is 16.8 Å². The summed E-state index contributed by atoms with van der Waals surface area (Å²) < 4.78 is 25.6. The van der Waals surface area contributed by atoms with Crippen molar-refractivity contribution in [2.24, 2.45) is 0 Å². The molecule has 1 heterocycles. The normalized spacial score (nSPS) is 11.8. The van der Waals surface area contributed by atoms with Gasteiger partial charge in [-0.25, -0.2) is 9.07 Å². The number of amides is 1. The molecule has 1 unspecified atom stereocenters. The summed E-state index contributed by atoms with van der Waals surface area (Å²) >= 11 is 0. The maximum atomic E-state index is 13.2. The summed E-state index contributed by atoms with van der Waals surface area (Å²) in [6.45, 7) is 5.84. The molecular formula is C23H26FN3O3. The van der Waals surface area contributed by atoms with Crippen LogP contribution in [0.25, 0.3) is 5.69 Å². The van der Waals surface area contributed by atoms with E-state index in [1.54, 1.807) is 37.2 Å². The van der Waals surface area contributed by atoms with Crippen molar-refractivity contribution in [2.45, 2.75) is 33.2 Å². The molecule has 1 amide bonds. The summed E-state index contributed by atoms with van der Waals surface area (Å²) in [4.78, 5) is 13.0. The molecule has 0 saturated carbocycles. The molecule has 0 fully saturated rings. The molecule has 3 rings (SSSR count). The Balaban J connectivity index is 1.87. The van der Waals surface area contributed by atoms with Crippen LogP contribution in [0.3, 0.4) is 0 Å². The zero-order valence-electron chi connectivity index (χ0n) is 17.8. The Hall–Kier alpha value is -3.35. The first-order valence-corrected chi connectivity index (χ1v) is 9.75. The minimum absolute atomic E-state index is 0.220. The van der Waals surface area contributed by atoms with Gasteiger partial charge in [0.2, 0.25) is 0 Å². The van der Waals surface area contributed by atoms with Gasteiger partial charge in [-0.15, -0.1) is 0 Å². The van der Waals surface area contributed by atoms with Gasteiger partial charge < -0.3 is 14.8 Å². The number of hydrogen-bond acceptors (Lipinski definition) is 4. The van der Waals surface area contributed by atoms with Crippen molar-refractivity contribution in [1.29, 1.82) is 0 Å². The highest BCUT2D eigenvalue weighted by Crippen LogP contribution is 2.33. The summed E-state index contributed by atoms with van der Waals surface area (Å²) in [6.07, 6.45) is 2.15. The molecule has 0 radical (unpaired) electrons. The van der Waals surface area contributed by atoms with Gasteiger partial charge in [0.1, 0.15) is 5.82 Å². The van der Waals surface area contributed by atoms with E-state index in [4.69, 9.17) is 9.47 Å². The van der Waals surface area contributed by atoms with Crippen LogP contribution in [0.15, 0.2) is 42.6 Å². The SMILES string of the molecule is CCc1c(C(=O)NC(C)c2cc(OC)c(OC)cc2C)cnn1-c1ccc(F)cc1. The number of ether oxygens (including phenoxy) is 2. The summed E-state index contributed by atoms with van der Waals surface area (Å²) in [6, 6.07) is 9.53. The molecule has 1 N–H and O–H groups in total. The third-order valence-electron chi connectivity index (χ3n) is 5.11. The molecule has 0 bridgehead atoms. The second kappa shape index (κ2) is 8.98. The number of benzene rings is 2. The van der Waals surface area contributed by atoms with Crippen LogP contribution in [0.4, 0.5) is 4.39 Å². The lowest BCUT2D eigenvalue weighted by molar-refractivity contribution is 0.0939. The fourth-order valence-corrected chi connectivity index (χ4v) is 3.52. The first kappa shape index (κ1) is 21.4. The van der Waals surface area contributed by atoms with Crippen molar-refractivity contribution in [2.75, 3.05) is 14.2 Å². The molecule has 3 aromatic rings. The van der Waals surface area contributed by atoms with Gasteiger partial charge in [0.15, 0.2) is 11.5 Å². The van der Waals surface area contributed by atoms with Gasteiger partial charge in [-0.05, 0) is 67.8 Å². The van der Waals surface area contributed by atoms with E-state index in [1.807, 2.05) is 32.9 Å². The molecule has 158 valence electrons. The average Bonchev–Trinajstić information content (AvgIpc) is 3.18. The van der Waals surface area contributed by atoms with E-state index in [9.17, 15) is 9.18 Å². The van der Waals surface area contributed by atoms with Gasteiger partial charge in [0.05, 0.1) is 43.4 Å². The van der Waals surface area contributed by atoms with E-state index >= 15 is 0 Å². The maximum Gasteiger partial charge on any atom is 0.255 e. The summed E-state index contributed by atoms with van der Waals surface area (Å²) in [5.41, 5.74) is 3.88. The van der Waals surface area contributed by atoms with Crippen LogP contribution in [0.5, 0.6) is 11.5 Å². The van der Waals surface area contributed by atoms with E-state index in [-0.39, 0.29) is 17.8 Å². The third kappa shape index (κ3) is 4.15. The molecule has 0 aliphatic carbocycles. The first-order valence-electron chi connectivity index (χ1n) is 9.75. The van der Waals surface area contributed by atoms with Crippen LogP contribution in [0.2, 0.25) is 0 Å². The standard InChI is InChI=1S/C23H26FN3O3/c1-6-20-19(13-25-27(20)17-9-7-16(24)8-10-17)23(28)26-15(3)18-12-22(30-5)21(29-4)11-14(18)2/h7-13,15H,6H2,1-5H3,(H,26,28). The predicted octanol–water partition coefficient (Wildman–Crippen LogP) is 4.39. The van der Waals surface area contributed by atoms with Crippen molar-refractivity contribution < 1.29 is 18.7 Å². The number of nitrogens with zero attached hydrogens (tertiary/aromatic N) is 2.